The maximum Gasteiger partial charge on any atom is 0.252 e. The molecule has 0 unspecified atom stereocenters. The molecule has 2 aliphatic rings. The van der Waals surface area contributed by atoms with Gasteiger partial charge < -0.3 is 14.8 Å². The standard InChI is InChI=1S/C20H24N2O5S2/c1-20(2,14-5-7-16-17(11-14)27-13-26-16)21-18(23)12-15-6-8-19(28-15)29(24,25)22-9-3-4-10-22/h5-8,11H,3-4,9-10,12-13H2,1-2H3,(H,21,23). The largest absolute Gasteiger partial charge is 0.454 e. The lowest BCUT2D eigenvalue weighted by atomic mass is 9.93. The van der Waals surface area contributed by atoms with Gasteiger partial charge in [-0.1, -0.05) is 6.07 Å². The van der Waals surface area contributed by atoms with Crippen molar-refractivity contribution in [2.75, 3.05) is 19.9 Å². The van der Waals surface area contributed by atoms with Crippen molar-refractivity contribution >= 4 is 27.3 Å². The fourth-order valence-electron chi connectivity index (χ4n) is 3.56. The topological polar surface area (TPSA) is 84.9 Å². The number of nitrogens with one attached hydrogen (secondary N) is 1. The Morgan fingerprint density at radius 3 is 2.62 bits per heavy atom. The minimum absolute atomic E-state index is 0.133. The molecule has 29 heavy (non-hydrogen) atoms. The third kappa shape index (κ3) is 4.12. The minimum Gasteiger partial charge on any atom is -0.454 e. The Bertz CT molecular complexity index is 1020. The number of ether oxygens (including phenoxy) is 2. The summed E-state index contributed by atoms with van der Waals surface area (Å²) < 4.78 is 37.9. The number of benzene rings is 1. The second-order valence-corrected chi connectivity index (χ2v) is 11.1. The lowest BCUT2D eigenvalue weighted by Gasteiger charge is -2.27. The van der Waals surface area contributed by atoms with E-state index in [1.807, 2.05) is 32.0 Å². The molecule has 1 aromatic carbocycles. The summed E-state index contributed by atoms with van der Waals surface area (Å²) in [5.74, 6) is 1.20. The number of nitrogens with zero attached hydrogens (tertiary/aromatic N) is 1. The van der Waals surface area contributed by atoms with E-state index in [1.165, 1.54) is 15.6 Å². The van der Waals surface area contributed by atoms with Gasteiger partial charge in [0.25, 0.3) is 10.0 Å². The molecule has 1 fully saturated rings. The van der Waals surface area contributed by atoms with Crippen molar-refractivity contribution in [1.82, 2.24) is 9.62 Å². The number of carbonyl (C=O) groups excluding carboxylic acids is 1. The van der Waals surface area contributed by atoms with Crippen molar-refractivity contribution in [3.05, 3.63) is 40.8 Å². The van der Waals surface area contributed by atoms with Gasteiger partial charge in [-0.25, -0.2) is 8.42 Å². The number of amides is 1. The number of hydrogen-bond acceptors (Lipinski definition) is 6. The van der Waals surface area contributed by atoms with Crippen LogP contribution in [0.3, 0.4) is 0 Å². The van der Waals surface area contributed by atoms with Crippen LogP contribution in [-0.4, -0.2) is 38.5 Å². The Hall–Kier alpha value is -2.10. The van der Waals surface area contributed by atoms with Crippen molar-refractivity contribution in [1.29, 1.82) is 0 Å². The number of sulfonamides is 1. The lowest BCUT2D eigenvalue weighted by Crippen LogP contribution is -2.41. The summed E-state index contributed by atoms with van der Waals surface area (Å²) in [6.07, 6.45) is 1.93. The van der Waals surface area contributed by atoms with E-state index in [4.69, 9.17) is 9.47 Å². The number of fused-ring (bicyclic) bond motifs is 1. The molecular formula is C20H24N2O5S2. The molecule has 9 heteroatoms. The normalized spacial score (nSPS) is 16.9. The monoisotopic (exact) mass is 436 g/mol. The predicted octanol–water partition coefficient (Wildman–Crippen LogP) is 2.86. The van der Waals surface area contributed by atoms with Crippen LogP contribution in [-0.2, 0) is 26.8 Å². The summed E-state index contributed by atoms with van der Waals surface area (Å²) >= 11 is 1.17. The van der Waals surface area contributed by atoms with E-state index in [1.54, 1.807) is 12.1 Å². The highest BCUT2D eigenvalue weighted by Gasteiger charge is 2.29. The van der Waals surface area contributed by atoms with Crippen molar-refractivity contribution in [3.63, 3.8) is 0 Å². The van der Waals surface area contributed by atoms with Crippen molar-refractivity contribution < 1.29 is 22.7 Å². The third-order valence-electron chi connectivity index (χ3n) is 5.18. The average Bonchev–Trinajstić information content (AvgIpc) is 3.41. The second-order valence-electron chi connectivity index (χ2n) is 7.75. The molecule has 0 saturated carbocycles. The summed E-state index contributed by atoms with van der Waals surface area (Å²) in [5.41, 5.74) is 0.290. The zero-order valence-electron chi connectivity index (χ0n) is 16.4. The molecule has 0 bridgehead atoms. The van der Waals surface area contributed by atoms with Gasteiger partial charge in [0.2, 0.25) is 12.7 Å². The molecule has 0 radical (unpaired) electrons. The van der Waals surface area contributed by atoms with E-state index in [-0.39, 0.29) is 19.1 Å². The lowest BCUT2D eigenvalue weighted by molar-refractivity contribution is -0.122. The third-order valence-corrected chi connectivity index (χ3v) is 8.63. The fraction of sp³-hybridized carbons (Fsp3) is 0.450. The second kappa shape index (κ2) is 7.62. The van der Waals surface area contributed by atoms with Gasteiger partial charge in [-0.15, -0.1) is 11.3 Å². The van der Waals surface area contributed by atoms with Gasteiger partial charge in [0.15, 0.2) is 11.5 Å². The highest BCUT2D eigenvalue weighted by atomic mass is 32.2. The van der Waals surface area contributed by atoms with Crippen molar-refractivity contribution in [3.8, 4) is 11.5 Å². The van der Waals surface area contributed by atoms with Crippen LogP contribution in [0.25, 0.3) is 0 Å². The van der Waals surface area contributed by atoms with Crippen LogP contribution in [0.2, 0.25) is 0 Å². The molecule has 2 aliphatic heterocycles. The number of hydrogen-bond donors (Lipinski definition) is 1. The Morgan fingerprint density at radius 1 is 1.14 bits per heavy atom. The van der Waals surface area contributed by atoms with E-state index in [0.29, 0.717) is 28.8 Å². The van der Waals surface area contributed by atoms with Gasteiger partial charge in [0, 0.05) is 18.0 Å². The zero-order chi connectivity index (χ0) is 20.6. The van der Waals surface area contributed by atoms with E-state index >= 15 is 0 Å². The Morgan fingerprint density at radius 2 is 1.86 bits per heavy atom. The molecule has 1 N–H and O–H groups in total. The van der Waals surface area contributed by atoms with Gasteiger partial charge in [0.1, 0.15) is 4.21 Å². The van der Waals surface area contributed by atoms with Crippen LogP contribution in [0.15, 0.2) is 34.5 Å². The summed E-state index contributed by atoms with van der Waals surface area (Å²) in [4.78, 5) is 13.4. The van der Waals surface area contributed by atoms with E-state index < -0.39 is 15.6 Å². The molecule has 2 aromatic rings. The van der Waals surface area contributed by atoms with Crippen LogP contribution < -0.4 is 14.8 Å². The summed E-state index contributed by atoms with van der Waals surface area (Å²) in [6.45, 7) is 5.17. The van der Waals surface area contributed by atoms with Crippen LogP contribution in [0, 0.1) is 0 Å². The van der Waals surface area contributed by atoms with Crippen molar-refractivity contribution in [2.45, 2.75) is 42.9 Å². The molecule has 4 rings (SSSR count). The van der Waals surface area contributed by atoms with E-state index in [9.17, 15) is 13.2 Å². The van der Waals surface area contributed by atoms with Gasteiger partial charge >= 0.3 is 0 Å². The van der Waals surface area contributed by atoms with Crippen LogP contribution in [0.5, 0.6) is 11.5 Å². The molecule has 1 aromatic heterocycles. The minimum atomic E-state index is -3.44. The average molecular weight is 437 g/mol. The van der Waals surface area contributed by atoms with Gasteiger partial charge in [0.05, 0.1) is 12.0 Å². The van der Waals surface area contributed by atoms with Gasteiger partial charge in [-0.05, 0) is 56.5 Å². The molecule has 0 atom stereocenters. The summed E-state index contributed by atoms with van der Waals surface area (Å²) in [7, 11) is -3.44. The predicted molar refractivity (Wildman–Crippen MR) is 110 cm³/mol. The smallest absolute Gasteiger partial charge is 0.252 e. The highest BCUT2D eigenvalue weighted by Crippen LogP contribution is 2.35. The maximum atomic E-state index is 12.7. The fourth-order valence-corrected chi connectivity index (χ4v) is 6.58. The zero-order valence-corrected chi connectivity index (χ0v) is 18.1. The van der Waals surface area contributed by atoms with Crippen LogP contribution in [0.4, 0.5) is 0 Å². The highest BCUT2D eigenvalue weighted by molar-refractivity contribution is 7.91. The molecule has 0 aliphatic carbocycles. The first kappa shape index (κ1) is 20.2. The van der Waals surface area contributed by atoms with Gasteiger partial charge in [-0.3, -0.25) is 4.79 Å². The Kier molecular flexibility index (Phi) is 5.30. The van der Waals surface area contributed by atoms with E-state index in [2.05, 4.69) is 5.32 Å². The van der Waals surface area contributed by atoms with Crippen molar-refractivity contribution in [2.24, 2.45) is 0 Å². The first-order chi connectivity index (χ1) is 13.8. The number of rotatable bonds is 6. The maximum absolute atomic E-state index is 12.7. The molecule has 7 nitrogen and oxygen atoms in total. The molecule has 1 saturated heterocycles. The molecule has 0 spiro atoms. The Balaban J connectivity index is 1.42. The molecule has 1 amide bonds. The number of carbonyl (C=O) groups is 1. The SMILES string of the molecule is CC(C)(NC(=O)Cc1ccc(S(=O)(=O)N2CCCC2)s1)c1ccc2c(c1)OCO2. The molecular weight excluding hydrogens is 412 g/mol. The molecule has 156 valence electrons. The van der Waals surface area contributed by atoms with Gasteiger partial charge in [-0.2, -0.15) is 4.31 Å². The first-order valence-electron chi connectivity index (χ1n) is 9.56. The number of thiophene rings is 1. The van der Waals surface area contributed by atoms with E-state index in [0.717, 1.165) is 23.3 Å². The quantitative estimate of drug-likeness (QED) is 0.753. The first-order valence-corrected chi connectivity index (χ1v) is 11.8. The van der Waals surface area contributed by atoms with Crippen LogP contribution >= 0.6 is 11.3 Å². The summed E-state index contributed by atoms with van der Waals surface area (Å²) in [6, 6.07) is 8.93. The summed E-state index contributed by atoms with van der Waals surface area (Å²) in [5, 5.41) is 3.03. The van der Waals surface area contributed by atoms with Crippen LogP contribution in [0.1, 0.15) is 37.1 Å². The molecule has 3 heterocycles. The Labute approximate surface area is 174 Å².